The Morgan fingerprint density at radius 2 is 1.70 bits per heavy atom. The van der Waals surface area contributed by atoms with Crippen LogP contribution in [0.25, 0.3) is 11.1 Å². The molecule has 152 valence electrons. The molecule has 3 rings (SSSR count). The van der Waals surface area contributed by atoms with Gasteiger partial charge in [-0.3, -0.25) is 9.59 Å². The van der Waals surface area contributed by atoms with E-state index >= 15 is 0 Å². The summed E-state index contributed by atoms with van der Waals surface area (Å²) in [4.78, 5) is 26.0. The Hall–Kier alpha value is -3.85. The molecule has 0 saturated heterocycles. The number of amides is 1. The van der Waals surface area contributed by atoms with Gasteiger partial charge in [-0.2, -0.15) is 5.26 Å². The largest absolute Gasteiger partial charge is 0.467 e. The summed E-state index contributed by atoms with van der Waals surface area (Å²) in [6, 6.07) is 23.1. The topological polar surface area (TPSA) is 83.5 Å². The number of benzene rings is 2. The van der Waals surface area contributed by atoms with E-state index in [9.17, 15) is 9.59 Å². The summed E-state index contributed by atoms with van der Waals surface area (Å²) in [5.41, 5.74) is 2.98. The van der Waals surface area contributed by atoms with Gasteiger partial charge in [0.05, 0.1) is 31.7 Å². The lowest BCUT2D eigenvalue weighted by Gasteiger charge is -2.20. The van der Waals surface area contributed by atoms with Crippen molar-refractivity contribution in [1.82, 2.24) is 4.90 Å². The zero-order valence-corrected chi connectivity index (χ0v) is 16.5. The lowest BCUT2D eigenvalue weighted by molar-refractivity contribution is -0.151. The van der Waals surface area contributed by atoms with Crippen LogP contribution in [0, 0.1) is 11.3 Å². The maximum atomic E-state index is 12.4. The number of nitriles is 1. The monoisotopic (exact) mass is 402 g/mol. The second kappa shape index (κ2) is 10.6. The van der Waals surface area contributed by atoms with E-state index in [1.54, 1.807) is 12.1 Å². The zero-order valence-electron chi connectivity index (χ0n) is 16.5. The summed E-state index contributed by atoms with van der Waals surface area (Å²) < 4.78 is 10.4. The van der Waals surface area contributed by atoms with Crippen molar-refractivity contribution >= 4 is 11.9 Å². The van der Waals surface area contributed by atoms with E-state index in [4.69, 9.17) is 14.4 Å². The van der Waals surface area contributed by atoms with Crippen molar-refractivity contribution < 1.29 is 18.7 Å². The minimum absolute atomic E-state index is 0.0821. The molecule has 0 radical (unpaired) electrons. The summed E-state index contributed by atoms with van der Waals surface area (Å²) in [6.07, 6.45) is 1.79. The van der Waals surface area contributed by atoms with Crippen LogP contribution in [0.2, 0.25) is 0 Å². The van der Waals surface area contributed by atoms with E-state index in [-0.39, 0.29) is 38.4 Å². The minimum Gasteiger partial charge on any atom is -0.467 e. The van der Waals surface area contributed by atoms with Gasteiger partial charge in [0, 0.05) is 6.54 Å². The predicted molar refractivity (Wildman–Crippen MR) is 111 cm³/mol. The molecule has 2 aromatic carbocycles. The van der Waals surface area contributed by atoms with Gasteiger partial charge in [0.2, 0.25) is 0 Å². The molecule has 0 bridgehead atoms. The summed E-state index contributed by atoms with van der Waals surface area (Å²) >= 11 is 0. The molecule has 0 unspecified atom stereocenters. The Morgan fingerprint density at radius 3 is 2.37 bits per heavy atom. The van der Waals surface area contributed by atoms with Crippen LogP contribution in [0.3, 0.4) is 0 Å². The third-order valence-corrected chi connectivity index (χ3v) is 4.54. The lowest BCUT2D eigenvalue weighted by atomic mass is 10.0. The van der Waals surface area contributed by atoms with Crippen LogP contribution in [-0.4, -0.2) is 29.9 Å². The van der Waals surface area contributed by atoms with Crippen molar-refractivity contribution in [3.8, 4) is 17.2 Å². The number of hydrogen-bond donors (Lipinski definition) is 0. The Morgan fingerprint density at radius 1 is 0.967 bits per heavy atom. The second-order valence-corrected chi connectivity index (χ2v) is 6.70. The molecule has 3 aromatic rings. The molecule has 30 heavy (non-hydrogen) atoms. The van der Waals surface area contributed by atoms with E-state index in [2.05, 4.69) is 0 Å². The zero-order chi connectivity index (χ0) is 21.2. The van der Waals surface area contributed by atoms with Crippen LogP contribution < -0.4 is 0 Å². The van der Waals surface area contributed by atoms with Crippen LogP contribution in [0.1, 0.15) is 17.7 Å². The number of nitrogens with zero attached hydrogens (tertiary/aromatic N) is 2. The molecule has 0 N–H and O–H groups in total. The molecule has 0 atom stereocenters. The van der Waals surface area contributed by atoms with E-state index in [1.807, 2.05) is 60.7 Å². The summed E-state index contributed by atoms with van der Waals surface area (Å²) in [6.45, 7) is 0.105. The fourth-order valence-corrected chi connectivity index (χ4v) is 2.96. The number of carbonyl (C=O) groups is 2. The normalized spacial score (nSPS) is 10.2. The SMILES string of the molecule is N#CCCN(Cc1ccco1)C(=O)COC(=O)Cc1ccc(-c2ccccc2)cc1. The van der Waals surface area contributed by atoms with Gasteiger partial charge in [-0.1, -0.05) is 54.6 Å². The average molecular weight is 402 g/mol. The Kier molecular flexibility index (Phi) is 7.39. The summed E-state index contributed by atoms with van der Waals surface area (Å²) in [7, 11) is 0. The van der Waals surface area contributed by atoms with Gasteiger partial charge < -0.3 is 14.1 Å². The molecule has 6 nitrogen and oxygen atoms in total. The quantitative estimate of drug-likeness (QED) is 0.506. The highest BCUT2D eigenvalue weighted by atomic mass is 16.5. The molecule has 0 saturated carbocycles. The van der Waals surface area contributed by atoms with Gasteiger partial charge in [-0.15, -0.1) is 0 Å². The van der Waals surface area contributed by atoms with Crippen LogP contribution in [0.4, 0.5) is 0 Å². The summed E-state index contributed by atoms with van der Waals surface area (Å²) in [5, 5.41) is 8.80. The third kappa shape index (κ3) is 6.08. The number of ether oxygens (including phenoxy) is 1. The van der Waals surface area contributed by atoms with Gasteiger partial charge in [-0.05, 0) is 28.8 Å². The molecule has 0 fully saturated rings. The number of carbonyl (C=O) groups excluding carboxylic acids is 2. The van der Waals surface area contributed by atoms with Crippen molar-refractivity contribution in [2.45, 2.75) is 19.4 Å². The first-order valence-corrected chi connectivity index (χ1v) is 9.63. The molecule has 0 aliphatic rings. The van der Waals surface area contributed by atoms with Gasteiger partial charge in [0.15, 0.2) is 6.61 Å². The summed E-state index contributed by atoms with van der Waals surface area (Å²) in [5.74, 6) is -0.241. The van der Waals surface area contributed by atoms with Gasteiger partial charge >= 0.3 is 5.97 Å². The Labute approximate surface area is 175 Å². The highest BCUT2D eigenvalue weighted by Gasteiger charge is 2.17. The fourth-order valence-electron chi connectivity index (χ4n) is 2.96. The second-order valence-electron chi connectivity index (χ2n) is 6.70. The predicted octanol–water partition coefficient (Wildman–Crippen LogP) is 3.97. The molecule has 1 aromatic heterocycles. The molecule has 0 aliphatic heterocycles. The molecule has 6 heteroatoms. The van der Waals surface area contributed by atoms with Crippen molar-refractivity contribution in [2.24, 2.45) is 0 Å². The number of esters is 1. The smallest absolute Gasteiger partial charge is 0.310 e. The molecule has 1 heterocycles. The van der Waals surface area contributed by atoms with Crippen LogP contribution >= 0.6 is 0 Å². The average Bonchev–Trinajstić information content (AvgIpc) is 3.29. The van der Waals surface area contributed by atoms with Gasteiger partial charge in [0.1, 0.15) is 5.76 Å². The molecular formula is C24H22N2O4. The van der Waals surface area contributed by atoms with Crippen molar-refractivity contribution in [2.75, 3.05) is 13.2 Å². The van der Waals surface area contributed by atoms with Gasteiger partial charge in [-0.25, -0.2) is 0 Å². The highest BCUT2D eigenvalue weighted by Crippen LogP contribution is 2.19. The van der Waals surface area contributed by atoms with Crippen LogP contribution in [-0.2, 0) is 27.3 Å². The standard InChI is InChI=1S/C24H22N2O4/c25-13-5-14-26(17-22-8-4-15-29-22)23(27)18-30-24(28)16-19-9-11-21(12-10-19)20-6-2-1-3-7-20/h1-4,6-12,15H,5,14,16-18H2. The van der Waals surface area contributed by atoms with Crippen molar-refractivity contribution in [1.29, 1.82) is 5.26 Å². The molecule has 0 spiro atoms. The van der Waals surface area contributed by atoms with Crippen LogP contribution in [0.5, 0.6) is 0 Å². The van der Waals surface area contributed by atoms with Crippen molar-refractivity contribution in [3.05, 3.63) is 84.3 Å². The number of furan rings is 1. The first-order chi connectivity index (χ1) is 14.7. The molecule has 1 amide bonds. The third-order valence-electron chi connectivity index (χ3n) is 4.54. The maximum Gasteiger partial charge on any atom is 0.310 e. The molecular weight excluding hydrogens is 380 g/mol. The van der Waals surface area contributed by atoms with E-state index in [0.717, 1.165) is 16.7 Å². The van der Waals surface area contributed by atoms with E-state index in [1.165, 1.54) is 11.2 Å². The van der Waals surface area contributed by atoms with Crippen molar-refractivity contribution in [3.63, 3.8) is 0 Å². The van der Waals surface area contributed by atoms with E-state index in [0.29, 0.717) is 5.76 Å². The lowest BCUT2D eigenvalue weighted by Crippen LogP contribution is -2.35. The maximum absolute atomic E-state index is 12.4. The molecule has 0 aliphatic carbocycles. The Bertz CT molecular complexity index is 990. The van der Waals surface area contributed by atoms with E-state index < -0.39 is 5.97 Å². The van der Waals surface area contributed by atoms with Gasteiger partial charge in [0.25, 0.3) is 5.91 Å². The first kappa shape index (κ1) is 20.9. The minimum atomic E-state index is -0.478. The first-order valence-electron chi connectivity index (χ1n) is 9.63. The number of hydrogen-bond acceptors (Lipinski definition) is 5. The fraction of sp³-hybridized carbons (Fsp3) is 0.208. The Balaban J connectivity index is 1.51. The highest BCUT2D eigenvalue weighted by molar-refractivity contribution is 5.81. The number of rotatable bonds is 9. The van der Waals surface area contributed by atoms with Crippen LogP contribution in [0.15, 0.2) is 77.4 Å².